The lowest BCUT2D eigenvalue weighted by Crippen LogP contribution is -2.19. The zero-order chi connectivity index (χ0) is 13.7. The molecule has 3 nitrogen and oxygen atoms in total. The van der Waals surface area contributed by atoms with Crippen molar-refractivity contribution in [2.24, 2.45) is 5.41 Å². The van der Waals surface area contributed by atoms with Gasteiger partial charge in [0.2, 0.25) is 0 Å². The van der Waals surface area contributed by atoms with Crippen molar-refractivity contribution in [2.75, 3.05) is 18.6 Å². The molecule has 1 aliphatic carbocycles. The molecule has 0 heterocycles. The normalized spacial score (nSPS) is 17.7. The Kier molecular flexibility index (Phi) is 4.75. The van der Waals surface area contributed by atoms with Gasteiger partial charge in [-0.1, -0.05) is 30.3 Å². The highest BCUT2D eigenvalue weighted by molar-refractivity contribution is 7.85. The Bertz CT molecular complexity index is 452. The maximum Gasteiger partial charge on any atom is 0.306 e. The molecular weight excluding hydrogens is 260 g/mol. The van der Waals surface area contributed by atoms with E-state index in [1.165, 1.54) is 12.7 Å². The van der Waals surface area contributed by atoms with Gasteiger partial charge in [0.15, 0.2) is 0 Å². The Morgan fingerprint density at radius 2 is 2.00 bits per heavy atom. The number of methoxy groups -OCH3 is 1. The van der Waals surface area contributed by atoms with E-state index in [1.54, 1.807) is 0 Å². The molecule has 1 aromatic rings. The molecule has 0 aliphatic heterocycles. The lowest BCUT2D eigenvalue weighted by Gasteiger charge is -2.13. The van der Waals surface area contributed by atoms with Crippen LogP contribution >= 0.6 is 0 Å². The largest absolute Gasteiger partial charge is 0.469 e. The van der Waals surface area contributed by atoms with Crippen LogP contribution in [0.4, 0.5) is 0 Å². The Morgan fingerprint density at radius 1 is 1.32 bits per heavy atom. The quantitative estimate of drug-likeness (QED) is 0.720. The summed E-state index contributed by atoms with van der Waals surface area (Å²) >= 11 is 0. The number of hydrogen-bond acceptors (Lipinski definition) is 3. The van der Waals surface area contributed by atoms with Crippen LogP contribution in [0.5, 0.6) is 0 Å². The van der Waals surface area contributed by atoms with E-state index < -0.39 is 10.8 Å². The van der Waals surface area contributed by atoms with Crippen LogP contribution in [0.15, 0.2) is 30.3 Å². The SMILES string of the molecule is COC(=O)CC1(CS(=O)CCc2ccccc2)CC1. The van der Waals surface area contributed by atoms with Crippen LogP contribution in [0.3, 0.4) is 0 Å². The van der Waals surface area contributed by atoms with Crippen LogP contribution in [-0.2, 0) is 26.8 Å². The fourth-order valence-corrected chi connectivity index (χ4v) is 3.90. The van der Waals surface area contributed by atoms with Crippen molar-refractivity contribution >= 4 is 16.8 Å². The molecule has 4 heteroatoms. The molecule has 0 N–H and O–H groups in total. The number of hydrogen-bond donors (Lipinski definition) is 0. The van der Waals surface area contributed by atoms with Gasteiger partial charge in [-0.25, -0.2) is 0 Å². The molecule has 19 heavy (non-hydrogen) atoms. The van der Waals surface area contributed by atoms with Gasteiger partial charge >= 0.3 is 5.97 Å². The molecule has 0 saturated heterocycles. The van der Waals surface area contributed by atoms with Crippen LogP contribution in [0, 0.1) is 5.41 Å². The van der Waals surface area contributed by atoms with E-state index in [-0.39, 0.29) is 11.4 Å². The summed E-state index contributed by atoms with van der Waals surface area (Å²) in [6.07, 6.45) is 3.25. The van der Waals surface area contributed by atoms with Crippen molar-refractivity contribution in [2.45, 2.75) is 25.7 Å². The molecule has 1 saturated carbocycles. The van der Waals surface area contributed by atoms with E-state index in [4.69, 9.17) is 4.74 Å². The minimum atomic E-state index is -0.854. The lowest BCUT2D eigenvalue weighted by molar-refractivity contribution is -0.141. The smallest absolute Gasteiger partial charge is 0.306 e. The maximum absolute atomic E-state index is 12.1. The van der Waals surface area contributed by atoms with Crippen molar-refractivity contribution < 1.29 is 13.7 Å². The van der Waals surface area contributed by atoms with Crippen LogP contribution in [0.25, 0.3) is 0 Å². The Hall–Kier alpha value is -1.16. The highest BCUT2D eigenvalue weighted by Crippen LogP contribution is 2.49. The first-order valence-corrected chi connectivity index (χ1v) is 8.08. The summed E-state index contributed by atoms with van der Waals surface area (Å²) in [6, 6.07) is 10.1. The topological polar surface area (TPSA) is 43.4 Å². The third-order valence-electron chi connectivity index (χ3n) is 3.63. The van der Waals surface area contributed by atoms with Crippen molar-refractivity contribution in [3.05, 3.63) is 35.9 Å². The number of carbonyl (C=O) groups is 1. The van der Waals surface area contributed by atoms with Crippen molar-refractivity contribution in [1.29, 1.82) is 0 Å². The summed E-state index contributed by atoms with van der Waals surface area (Å²) in [7, 11) is 0.554. The zero-order valence-corrected chi connectivity index (χ0v) is 12.1. The second-order valence-electron chi connectivity index (χ2n) is 5.28. The first-order chi connectivity index (χ1) is 9.13. The van der Waals surface area contributed by atoms with Crippen molar-refractivity contribution in [3.8, 4) is 0 Å². The number of aryl methyl sites for hydroxylation is 1. The van der Waals surface area contributed by atoms with Gasteiger partial charge in [-0.15, -0.1) is 0 Å². The number of carbonyl (C=O) groups excluding carboxylic acids is 1. The van der Waals surface area contributed by atoms with Gasteiger partial charge in [-0.2, -0.15) is 0 Å². The van der Waals surface area contributed by atoms with Crippen molar-refractivity contribution in [3.63, 3.8) is 0 Å². The summed E-state index contributed by atoms with van der Waals surface area (Å²) in [5.74, 6) is 1.12. The van der Waals surface area contributed by atoms with Gasteiger partial charge in [-0.05, 0) is 30.2 Å². The van der Waals surface area contributed by atoms with Gasteiger partial charge in [0.25, 0.3) is 0 Å². The minimum absolute atomic E-state index is 0.0331. The summed E-state index contributed by atoms with van der Waals surface area (Å²) in [5.41, 5.74) is 1.18. The fourth-order valence-electron chi connectivity index (χ4n) is 2.22. The van der Waals surface area contributed by atoms with E-state index in [0.717, 1.165) is 19.3 Å². The number of esters is 1. The molecule has 0 amide bonds. The van der Waals surface area contributed by atoms with Crippen LogP contribution < -0.4 is 0 Å². The summed E-state index contributed by atoms with van der Waals surface area (Å²) in [6.45, 7) is 0. The van der Waals surface area contributed by atoms with Gasteiger partial charge in [0.1, 0.15) is 0 Å². The third-order valence-corrected chi connectivity index (χ3v) is 5.23. The van der Waals surface area contributed by atoms with Crippen LogP contribution in [0.2, 0.25) is 0 Å². The Morgan fingerprint density at radius 3 is 2.58 bits per heavy atom. The van der Waals surface area contributed by atoms with Gasteiger partial charge < -0.3 is 4.74 Å². The standard InChI is InChI=1S/C15H20O3S/c1-18-14(16)11-15(8-9-15)12-19(17)10-7-13-5-3-2-4-6-13/h2-6H,7-12H2,1H3. The third kappa shape index (κ3) is 4.46. The number of ether oxygens (including phenoxy) is 1. The van der Waals surface area contributed by atoms with E-state index in [1.807, 2.05) is 18.2 Å². The van der Waals surface area contributed by atoms with E-state index in [0.29, 0.717) is 17.9 Å². The molecule has 1 fully saturated rings. The summed E-state index contributed by atoms with van der Waals surface area (Å²) in [5, 5.41) is 0. The lowest BCUT2D eigenvalue weighted by atomic mass is 10.1. The molecule has 1 aliphatic rings. The minimum Gasteiger partial charge on any atom is -0.469 e. The van der Waals surface area contributed by atoms with Gasteiger partial charge in [-0.3, -0.25) is 9.00 Å². The molecule has 0 radical (unpaired) electrons. The van der Waals surface area contributed by atoms with E-state index in [9.17, 15) is 9.00 Å². The molecule has 1 unspecified atom stereocenters. The van der Waals surface area contributed by atoms with Gasteiger partial charge in [0.05, 0.1) is 13.5 Å². The predicted octanol–water partition coefficient (Wildman–Crippen LogP) is 2.32. The van der Waals surface area contributed by atoms with Crippen molar-refractivity contribution in [1.82, 2.24) is 0 Å². The Balaban J connectivity index is 1.77. The average Bonchev–Trinajstić information content (AvgIpc) is 3.16. The zero-order valence-electron chi connectivity index (χ0n) is 11.3. The van der Waals surface area contributed by atoms with E-state index in [2.05, 4.69) is 12.1 Å². The maximum atomic E-state index is 12.1. The highest BCUT2D eigenvalue weighted by atomic mass is 32.2. The number of benzene rings is 1. The monoisotopic (exact) mass is 280 g/mol. The fraction of sp³-hybridized carbons (Fsp3) is 0.533. The van der Waals surface area contributed by atoms with Crippen LogP contribution in [0.1, 0.15) is 24.8 Å². The highest BCUT2D eigenvalue weighted by Gasteiger charge is 2.45. The molecule has 1 aromatic carbocycles. The van der Waals surface area contributed by atoms with Crippen LogP contribution in [-0.4, -0.2) is 28.8 Å². The first kappa shape index (κ1) is 14.3. The van der Waals surface area contributed by atoms with Gasteiger partial charge in [0, 0.05) is 22.3 Å². The molecule has 1 atom stereocenters. The second-order valence-corrected chi connectivity index (χ2v) is 6.85. The number of rotatable bonds is 7. The predicted molar refractivity (Wildman–Crippen MR) is 76.3 cm³/mol. The molecule has 2 rings (SSSR count). The summed E-state index contributed by atoms with van der Waals surface area (Å²) < 4.78 is 16.8. The second kappa shape index (κ2) is 6.33. The molecule has 104 valence electrons. The average molecular weight is 280 g/mol. The summed E-state index contributed by atoms with van der Waals surface area (Å²) in [4.78, 5) is 11.3. The molecule has 0 aromatic heterocycles. The molecular formula is C15H20O3S. The van der Waals surface area contributed by atoms with E-state index >= 15 is 0 Å². The molecule has 0 bridgehead atoms. The Labute approximate surface area is 116 Å². The first-order valence-electron chi connectivity index (χ1n) is 6.59. The molecule has 0 spiro atoms.